The average Bonchev–Trinajstić information content (AvgIpc) is 2.55. The third-order valence-electron chi connectivity index (χ3n) is 3.62. The van der Waals surface area contributed by atoms with E-state index in [0.29, 0.717) is 0 Å². The summed E-state index contributed by atoms with van der Waals surface area (Å²) in [5.41, 5.74) is 0.750. The second-order valence-electron chi connectivity index (χ2n) is 4.59. The summed E-state index contributed by atoms with van der Waals surface area (Å²) in [5.74, 6) is 0.201. The molecule has 16 heavy (non-hydrogen) atoms. The number of rotatable bonds is 1. The van der Waals surface area contributed by atoms with E-state index < -0.39 is 0 Å². The first-order chi connectivity index (χ1) is 7.71. The molecule has 0 unspecified atom stereocenters. The van der Waals surface area contributed by atoms with Crippen molar-refractivity contribution in [3.05, 3.63) is 24.3 Å². The molecule has 2 amide bonds. The van der Waals surface area contributed by atoms with Crippen LogP contribution in [0, 0.1) is 0 Å². The van der Waals surface area contributed by atoms with E-state index >= 15 is 0 Å². The van der Waals surface area contributed by atoms with Gasteiger partial charge in [-0.05, 0) is 31.4 Å². The van der Waals surface area contributed by atoms with E-state index in [1.165, 1.54) is 6.42 Å². The van der Waals surface area contributed by atoms with Gasteiger partial charge in [0, 0.05) is 18.3 Å². The third kappa shape index (κ3) is 1.19. The quantitative estimate of drug-likeness (QED) is 0.755. The van der Waals surface area contributed by atoms with Crippen LogP contribution in [0.5, 0.6) is 5.75 Å². The van der Waals surface area contributed by atoms with Crippen molar-refractivity contribution >= 4 is 11.7 Å². The van der Waals surface area contributed by atoms with Crippen LogP contribution >= 0.6 is 0 Å². The lowest BCUT2D eigenvalue weighted by Crippen LogP contribution is -2.52. The largest absolute Gasteiger partial charge is 0.508 e. The van der Waals surface area contributed by atoms with Gasteiger partial charge < -0.3 is 10.4 Å². The van der Waals surface area contributed by atoms with Crippen LogP contribution in [-0.2, 0) is 0 Å². The Balaban J connectivity index is 2.01. The highest BCUT2D eigenvalue weighted by atomic mass is 16.3. The zero-order chi connectivity index (χ0) is 11.2. The van der Waals surface area contributed by atoms with Gasteiger partial charge in [-0.15, -0.1) is 0 Å². The number of amides is 2. The van der Waals surface area contributed by atoms with E-state index in [-0.39, 0.29) is 17.3 Å². The van der Waals surface area contributed by atoms with Gasteiger partial charge >= 0.3 is 6.03 Å². The number of urea groups is 1. The van der Waals surface area contributed by atoms with E-state index in [4.69, 9.17) is 0 Å². The number of phenolic OH excluding ortho intramolecular Hbond substituents is 1. The molecule has 4 heteroatoms. The molecule has 1 aliphatic carbocycles. The molecule has 3 rings (SSSR count). The monoisotopic (exact) mass is 218 g/mol. The van der Waals surface area contributed by atoms with Crippen LogP contribution in [0.3, 0.4) is 0 Å². The molecule has 2 aliphatic rings. The van der Waals surface area contributed by atoms with Gasteiger partial charge in [0.1, 0.15) is 5.75 Å². The number of hydrogen-bond acceptors (Lipinski definition) is 2. The van der Waals surface area contributed by atoms with Crippen molar-refractivity contribution in [3.8, 4) is 5.75 Å². The van der Waals surface area contributed by atoms with Gasteiger partial charge in [-0.1, -0.05) is 6.07 Å². The molecule has 84 valence electrons. The number of nitrogens with one attached hydrogen (secondary N) is 1. The van der Waals surface area contributed by atoms with Crippen molar-refractivity contribution in [2.24, 2.45) is 0 Å². The molecule has 0 radical (unpaired) electrons. The normalized spacial score (nSPS) is 22.0. The number of phenols is 1. The van der Waals surface area contributed by atoms with Crippen molar-refractivity contribution in [1.29, 1.82) is 0 Å². The summed E-state index contributed by atoms with van der Waals surface area (Å²) < 4.78 is 0. The van der Waals surface area contributed by atoms with Crippen LogP contribution in [0.15, 0.2) is 24.3 Å². The van der Waals surface area contributed by atoms with Crippen molar-refractivity contribution < 1.29 is 9.90 Å². The number of nitrogens with zero attached hydrogens (tertiary/aromatic N) is 1. The zero-order valence-electron chi connectivity index (χ0n) is 8.94. The van der Waals surface area contributed by atoms with Gasteiger partial charge in [-0.2, -0.15) is 0 Å². The highest BCUT2D eigenvalue weighted by Crippen LogP contribution is 2.43. The Kier molecular flexibility index (Phi) is 1.87. The molecule has 1 saturated carbocycles. The molecule has 1 heterocycles. The number of carbonyl (C=O) groups is 1. The molecule has 1 spiro atoms. The molecule has 0 bridgehead atoms. The maximum Gasteiger partial charge on any atom is 0.322 e. The van der Waals surface area contributed by atoms with E-state index in [9.17, 15) is 9.90 Å². The van der Waals surface area contributed by atoms with Crippen LogP contribution in [-0.4, -0.2) is 23.2 Å². The number of aromatic hydroxyl groups is 1. The molecule has 4 nitrogen and oxygen atoms in total. The predicted octanol–water partition coefficient (Wildman–Crippen LogP) is 1.84. The van der Waals surface area contributed by atoms with Crippen molar-refractivity contribution in [3.63, 3.8) is 0 Å². The van der Waals surface area contributed by atoms with Crippen molar-refractivity contribution in [2.75, 3.05) is 11.4 Å². The minimum atomic E-state index is -0.0506. The minimum absolute atomic E-state index is 0.0368. The molecular formula is C12H14N2O2. The average molecular weight is 218 g/mol. The fourth-order valence-electron chi connectivity index (χ4n) is 2.62. The molecule has 1 aliphatic heterocycles. The Morgan fingerprint density at radius 1 is 1.38 bits per heavy atom. The summed E-state index contributed by atoms with van der Waals surface area (Å²) in [5, 5.41) is 12.3. The topological polar surface area (TPSA) is 52.6 Å². The van der Waals surface area contributed by atoms with Gasteiger partial charge in [-0.3, -0.25) is 4.90 Å². The SMILES string of the molecule is O=C1NCC2(CCC2)N1c1cccc(O)c1. The van der Waals surface area contributed by atoms with Crippen LogP contribution in [0.4, 0.5) is 10.5 Å². The second kappa shape index (κ2) is 3.14. The van der Waals surface area contributed by atoms with Crippen LogP contribution in [0.2, 0.25) is 0 Å². The standard InChI is InChI=1S/C12H14N2O2/c15-10-4-1-3-9(7-10)14-11(16)13-8-12(14)5-2-6-12/h1,3-4,7,15H,2,5-6,8H2,(H,13,16). The molecule has 2 N–H and O–H groups in total. The summed E-state index contributed by atoms with van der Waals surface area (Å²) in [7, 11) is 0. The van der Waals surface area contributed by atoms with E-state index in [0.717, 1.165) is 25.1 Å². The highest BCUT2D eigenvalue weighted by molar-refractivity contribution is 5.96. The number of anilines is 1. The maximum absolute atomic E-state index is 11.8. The van der Waals surface area contributed by atoms with Crippen LogP contribution in [0.1, 0.15) is 19.3 Å². The van der Waals surface area contributed by atoms with E-state index in [2.05, 4.69) is 5.32 Å². The van der Waals surface area contributed by atoms with Gasteiger partial charge in [0.25, 0.3) is 0 Å². The van der Waals surface area contributed by atoms with Gasteiger partial charge in [0.2, 0.25) is 0 Å². The van der Waals surface area contributed by atoms with Gasteiger partial charge in [-0.25, -0.2) is 4.79 Å². The molecule has 0 atom stereocenters. The Bertz CT molecular complexity index is 440. The lowest BCUT2D eigenvalue weighted by Gasteiger charge is -2.44. The lowest BCUT2D eigenvalue weighted by molar-refractivity contribution is 0.241. The molecule has 1 aromatic rings. The molecule has 1 saturated heterocycles. The summed E-state index contributed by atoms with van der Waals surface area (Å²) in [6.45, 7) is 0.724. The molecule has 1 aromatic carbocycles. The van der Waals surface area contributed by atoms with Gasteiger partial charge in [0.05, 0.1) is 5.54 Å². The maximum atomic E-state index is 11.8. The number of benzene rings is 1. The number of hydrogen-bond donors (Lipinski definition) is 2. The highest BCUT2D eigenvalue weighted by Gasteiger charge is 2.50. The Labute approximate surface area is 93.9 Å². The minimum Gasteiger partial charge on any atom is -0.508 e. The van der Waals surface area contributed by atoms with E-state index in [1.807, 2.05) is 6.07 Å². The first-order valence-electron chi connectivity index (χ1n) is 5.58. The van der Waals surface area contributed by atoms with Crippen molar-refractivity contribution in [2.45, 2.75) is 24.8 Å². The first kappa shape index (κ1) is 9.51. The molecule has 0 aromatic heterocycles. The molecule has 2 fully saturated rings. The van der Waals surface area contributed by atoms with Gasteiger partial charge in [0.15, 0.2) is 0 Å². The molecular weight excluding hydrogens is 204 g/mol. The Morgan fingerprint density at radius 3 is 2.81 bits per heavy atom. The zero-order valence-corrected chi connectivity index (χ0v) is 8.94. The fraction of sp³-hybridized carbons (Fsp3) is 0.417. The summed E-state index contributed by atoms with van der Waals surface area (Å²) in [6, 6.07) is 6.84. The Morgan fingerprint density at radius 2 is 2.19 bits per heavy atom. The van der Waals surface area contributed by atoms with Crippen LogP contribution in [0.25, 0.3) is 0 Å². The summed E-state index contributed by atoms with van der Waals surface area (Å²) in [6.07, 6.45) is 3.26. The van der Waals surface area contributed by atoms with Crippen LogP contribution < -0.4 is 10.2 Å². The first-order valence-corrected chi connectivity index (χ1v) is 5.58. The second-order valence-corrected chi connectivity index (χ2v) is 4.59. The fourth-order valence-corrected chi connectivity index (χ4v) is 2.62. The summed E-state index contributed by atoms with van der Waals surface area (Å²) >= 11 is 0. The van der Waals surface area contributed by atoms with E-state index in [1.54, 1.807) is 23.1 Å². The smallest absolute Gasteiger partial charge is 0.322 e. The lowest BCUT2D eigenvalue weighted by atomic mass is 9.76. The van der Waals surface area contributed by atoms with Crippen molar-refractivity contribution in [1.82, 2.24) is 5.32 Å². The Hall–Kier alpha value is -1.71. The third-order valence-corrected chi connectivity index (χ3v) is 3.62. The summed E-state index contributed by atoms with van der Waals surface area (Å²) in [4.78, 5) is 13.6. The predicted molar refractivity (Wildman–Crippen MR) is 60.6 cm³/mol. The number of carbonyl (C=O) groups excluding carboxylic acids is 1.